The molecule has 0 N–H and O–H groups in total. The molecule has 0 spiro atoms. The van der Waals surface area contributed by atoms with Crippen LogP contribution < -0.4 is 10.3 Å². The Morgan fingerprint density at radius 2 is 1.73 bits per heavy atom. The zero-order valence-corrected chi connectivity index (χ0v) is 19.3. The summed E-state index contributed by atoms with van der Waals surface area (Å²) in [6, 6.07) is 20.6. The van der Waals surface area contributed by atoms with Crippen molar-refractivity contribution in [2.24, 2.45) is 7.05 Å². The first-order chi connectivity index (χ1) is 16.0. The molecule has 164 valence electrons. The van der Waals surface area contributed by atoms with Gasteiger partial charge in [-0.2, -0.15) is 0 Å². The van der Waals surface area contributed by atoms with Crippen LogP contribution in [-0.4, -0.2) is 21.2 Å². The number of fused-ring (bicyclic) bond motifs is 2. The number of rotatable bonds is 4. The second-order valence-electron chi connectivity index (χ2n) is 7.88. The minimum atomic E-state index is -0.126. The van der Waals surface area contributed by atoms with Crippen LogP contribution in [0.4, 0.5) is 0 Å². The number of hydrogen-bond acceptors (Lipinski definition) is 3. The highest BCUT2D eigenvalue weighted by molar-refractivity contribution is 6.30. The molecule has 6 heteroatoms. The molecule has 5 rings (SSSR count). The third-order valence-corrected chi connectivity index (χ3v) is 6.29. The van der Waals surface area contributed by atoms with E-state index < -0.39 is 0 Å². The highest BCUT2D eigenvalue weighted by atomic mass is 35.5. The Morgan fingerprint density at radius 3 is 2.48 bits per heavy atom. The molecule has 0 amide bonds. The predicted octanol–water partition coefficient (Wildman–Crippen LogP) is 6.02. The normalized spacial score (nSPS) is 11.6. The van der Waals surface area contributed by atoms with E-state index in [9.17, 15) is 4.79 Å². The minimum Gasteiger partial charge on any atom is -0.497 e. The Labute approximate surface area is 196 Å². The van der Waals surface area contributed by atoms with Gasteiger partial charge in [0.15, 0.2) is 0 Å². The summed E-state index contributed by atoms with van der Waals surface area (Å²) in [6.45, 7) is 2.08. The van der Waals surface area contributed by atoms with Crippen molar-refractivity contribution < 1.29 is 4.74 Å². The molecule has 2 heterocycles. The van der Waals surface area contributed by atoms with E-state index >= 15 is 0 Å². The fourth-order valence-electron chi connectivity index (χ4n) is 4.18. The summed E-state index contributed by atoms with van der Waals surface area (Å²) >= 11 is 6.09. The SMILES string of the molecule is COc1ccc2c(c1)c(C=Cc1nc3ccccc3c(=O)n1-c1ccc(Cl)cc1)c(C)n2C. The van der Waals surface area contributed by atoms with Crippen LogP contribution in [0.5, 0.6) is 5.75 Å². The Morgan fingerprint density at radius 1 is 0.970 bits per heavy atom. The van der Waals surface area contributed by atoms with E-state index in [0.29, 0.717) is 27.4 Å². The van der Waals surface area contributed by atoms with Crippen molar-refractivity contribution in [2.75, 3.05) is 7.11 Å². The van der Waals surface area contributed by atoms with Gasteiger partial charge in [0.1, 0.15) is 11.6 Å². The average Bonchev–Trinajstić information content (AvgIpc) is 3.07. The number of aromatic nitrogens is 3. The maximum absolute atomic E-state index is 13.4. The standard InChI is InChI=1S/C27H22ClN3O2/c1-17-21(23-16-20(33-3)12-14-25(23)30(17)2)13-15-26-29-24-7-5-4-6-22(24)27(32)31(26)19-10-8-18(28)9-11-19/h4-16H,1-3H3. The van der Waals surface area contributed by atoms with Gasteiger partial charge in [0.05, 0.1) is 23.7 Å². The van der Waals surface area contributed by atoms with Crippen molar-refractivity contribution >= 4 is 45.6 Å². The Balaban J connectivity index is 1.74. The summed E-state index contributed by atoms with van der Waals surface area (Å²) in [7, 11) is 3.70. The molecule has 0 fully saturated rings. The first kappa shape index (κ1) is 21.0. The fourth-order valence-corrected chi connectivity index (χ4v) is 4.30. The lowest BCUT2D eigenvalue weighted by molar-refractivity contribution is 0.415. The molecule has 0 atom stereocenters. The molecule has 0 saturated carbocycles. The molecule has 3 aromatic carbocycles. The summed E-state index contributed by atoms with van der Waals surface area (Å²) in [5, 5.41) is 2.25. The summed E-state index contributed by atoms with van der Waals surface area (Å²) < 4.78 is 9.21. The Kier molecular flexibility index (Phi) is 5.27. The largest absolute Gasteiger partial charge is 0.497 e. The minimum absolute atomic E-state index is 0.126. The summed E-state index contributed by atoms with van der Waals surface area (Å²) in [4.78, 5) is 18.3. The van der Waals surface area contributed by atoms with Gasteiger partial charge in [0, 0.05) is 34.2 Å². The summed E-state index contributed by atoms with van der Waals surface area (Å²) in [6.07, 6.45) is 3.91. The number of benzene rings is 3. The maximum Gasteiger partial charge on any atom is 0.266 e. The maximum atomic E-state index is 13.4. The highest BCUT2D eigenvalue weighted by Crippen LogP contribution is 2.30. The molecule has 0 aliphatic rings. The number of halogens is 1. The van der Waals surface area contributed by atoms with Gasteiger partial charge < -0.3 is 9.30 Å². The molecule has 0 unspecified atom stereocenters. The fraction of sp³-hybridized carbons (Fsp3) is 0.111. The van der Waals surface area contributed by atoms with Gasteiger partial charge in [0.25, 0.3) is 5.56 Å². The molecule has 0 aliphatic carbocycles. The summed E-state index contributed by atoms with van der Waals surface area (Å²) in [5.41, 5.74) is 4.50. The second-order valence-corrected chi connectivity index (χ2v) is 8.32. The van der Waals surface area contributed by atoms with Crippen molar-refractivity contribution in [3.63, 3.8) is 0 Å². The van der Waals surface area contributed by atoms with E-state index in [1.807, 2.05) is 61.7 Å². The lowest BCUT2D eigenvalue weighted by Crippen LogP contribution is -2.22. The van der Waals surface area contributed by atoms with E-state index in [4.69, 9.17) is 21.3 Å². The van der Waals surface area contributed by atoms with Crippen LogP contribution in [0.15, 0.2) is 71.5 Å². The molecular formula is C27H22ClN3O2. The topological polar surface area (TPSA) is 49.0 Å². The zero-order valence-electron chi connectivity index (χ0n) is 18.5. The van der Waals surface area contributed by atoms with Gasteiger partial charge in [-0.25, -0.2) is 4.98 Å². The van der Waals surface area contributed by atoms with Gasteiger partial charge in [-0.15, -0.1) is 0 Å². The second kappa shape index (κ2) is 8.26. The molecular weight excluding hydrogens is 434 g/mol. The van der Waals surface area contributed by atoms with E-state index in [1.54, 1.807) is 29.9 Å². The first-order valence-corrected chi connectivity index (χ1v) is 10.9. The highest BCUT2D eigenvalue weighted by Gasteiger charge is 2.13. The molecule has 5 aromatic rings. The van der Waals surface area contributed by atoms with Crippen molar-refractivity contribution in [1.82, 2.24) is 14.1 Å². The van der Waals surface area contributed by atoms with Crippen molar-refractivity contribution in [3.05, 3.63) is 99.2 Å². The van der Waals surface area contributed by atoms with E-state index in [-0.39, 0.29) is 5.56 Å². The van der Waals surface area contributed by atoms with Crippen molar-refractivity contribution in [2.45, 2.75) is 6.92 Å². The number of methoxy groups -OCH3 is 1. The third kappa shape index (κ3) is 3.60. The van der Waals surface area contributed by atoms with Crippen molar-refractivity contribution in [1.29, 1.82) is 0 Å². The van der Waals surface area contributed by atoms with Gasteiger partial charge in [-0.3, -0.25) is 9.36 Å². The number of para-hydroxylation sites is 1. The number of aryl methyl sites for hydroxylation is 1. The van der Waals surface area contributed by atoms with Gasteiger partial charge in [-0.05, 0) is 73.7 Å². The zero-order chi connectivity index (χ0) is 23.1. The number of ether oxygens (including phenoxy) is 1. The van der Waals surface area contributed by atoms with Crippen LogP contribution in [0.3, 0.4) is 0 Å². The molecule has 5 nitrogen and oxygen atoms in total. The van der Waals surface area contributed by atoms with Gasteiger partial charge >= 0.3 is 0 Å². The van der Waals surface area contributed by atoms with E-state index in [2.05, 4.69) is 17.6 Å². The molecule has 2 aromatic heterocycles. The molecule has 33 heavy (non-hydrogen) atoms. The molecule has 0 aliphatic heterocycles. The average molecular weight is 456 g/mol. The summed E-state index contributed by atoms with van der Waals surface area (Å²) in [5.74, 6) is 1.34. The lowest BCUT2D eigenvalue weighted by atomic mass is 10.1. The van der Waals surface area contributed by atoms with Crippen LogP contribution in [0.2, 0.25) is 5.02 Å². The monoisotopic (exact) mass is 455 g/mol. The van der Waals surface area contributed by atoms with Crippen LogP contribution >= 0.6 is 11.6 Å². The van der Waals surface area contributed by atoms with Crippen LogP contribution in [0.25, 0.3) is 39.6 Å². The Hall–Kier alpha value is -3.83. The number of hydrogen-bond donors (Lipinski definition) is 0. The van der Waals surface area contributed by atoms with E-state index in [1.165, 1.54) is 0 Å². The quantitative estimate of drug-likeness (QED) is 0.333. The first-order valence-electron chi connectivity index (χ1n) is 10.6. The molecule has 0 saturated heterocycles. The smallest absolute Gasteiger partial charge is 0.266 e. The van der Waals surface area contributed by atoms with E-state index in [0.717, 1.165) is 27.9 Å². The van der Waals surface area contributed by atoms with Crippen LogP contribution in [-0.2, 0) is 7.05 Å². The predicted molar refractivity (Wildman–Crippen MR) is 135 cm³/mol. The van der Waals surface area contributed by atoms with Crippen molar-refractivity contribution in [3.8, 4) is 11.4 Å². The van der Waals surface area contributed by atoms with Crippen LogP contribution in [0.1, 0.15) is 17.1 Å². The molecule has 0 bridgehead atoms. The lowest BCUT2D eigenvalue weighted by Gasteiger charge is -2.11. The third-order valence-electron chi connectivity index (χ3n) is 6.03. The van der Waals surface area contributed by atoms with Gasteiger partial charge in [-0.1, -0.05) is 23.7 Å². The van der Waals surface area contributed by atoms with Gasteiger partial charge in [0.2, 0.25) is 0 Å². The molecule has 0 radical (unpaired) electrons. The number of nitrogens with zero attached hydrogens (tertiary/aromatic N) is 3. The van der Waals surface area contributed by atoms with Crippen LogP contribution in [0, 0.1) is 6.92 Å². The Bertz CT molecular complexity index is 1590.